The van der Waals surface area contributed by atoms with Crippen LogP contribution in [0.5, 0.6) is 0 Å². The molecule has 3 nitrogen and oxygen atoms in total. The normalized spacial score (nSPS) is 19.1. The zero-order valence-corrected chi connectivity index (χ0v) is 12.7. The SMILES string of the molecule is CC(C)c1ccc(C(N(C)C)N2CCNCC2)cc1. The lowest BCUT2D eigenvalue weighted by atomic mass is 10.0. The number of nitrogens with zero attached hydrogens (tertiary/aromatic N) is 2. The highest BCUT2D eigenvalue weighted by molar-refractivity contribution is 5.26. The second-order valence-electron chi connectivity index (χ2n) is 5.94. The molecule has 19 heavy (non-hydrogen) atoms. The van der Waals surface area contributed by atoms with Gasteiger partial charge in [0, 0.05) is 26.2 Å². The molecule has 1 aliphatic heterocycles. The number of benzene rings is 1. The van der Waals surface area contributed by atoms with E-state index in [1.807, 2.05) is 0 Å². The average molecular weight is 261 g/mol. The maximum absolute atomic E-state index is 3.42. The Morgan fingerprint density at radius 1 is 1.00 bits per heavy atom. The molecule has 1 aromatic carbocycles. The van der Waals surface area contributed by atoms with Crippen LogP contribution in [0.2, 0.25) is 0 Å². The van der Waals surface area contributed by atoms with Crippen LogP contribution in [0, 0.1) is 0 Å². The van der Waals surface area contributed by atoms with Gasteiger partial charge >= 0.3 is 0 Å². The van der Waals surface area contributed by atoms with Gasteiger partial charge in [0.15, 0.2) is 0 Å². The molecule has 0 spiro atoms. The number of rotatable bonds is 4. The number of piperazine rings is 1. The molecule has 2 rings (SSSR count). The lowest BCUT2D eigenvalue weighted by Crippen LogP contribution is -2.48. The number of hydrogen-bond donors (Lipinski definition) is 1. The van der Waals surface area contributed by atoms with Gasteiger partial charge in [-0.15, -0.1) is 0 Å². The van der Waals surface area contributed by atoms with Gasteiger partial charge in [-0.2, -0.15) is 0 Å². The van der Waals surface area contributed by atoms with Gasteiger partial charge < -0.3 is 5.32 Å². The summed E-state index contributed by atoms with van der Waals surface area (Å²) in [4.78, 5) is 4.87. The van der Waals surface area contributed by atoms with Gasteiger partial charge in [0.25, 0.3) is 0 Å². The van der Waals surface area contributed by atoms with Crippen LogP contribution in [0.1, 0.15) is 37.1 Å². The molecule has 1 saturated heterocycles. The molecule has 0 aromatic heterocycles. The first-order valence-electron chi connectivity index (χ1n) is 7.30. The third-order valence-electron chi connectivity index (χ3n) is 3.89. The smallest absolute Gasteiger partial charge is 0.0882 e. The molecule has 1 heterocycles. The zero-order chi connectivity index (χ0) is 13.8. The Balaban J connectivity index is 2.18. The fourth-order valence-electron chi connectivity index (χ4n) is 2.82. The average Bonchev–Trinajstić information content (AvgIpc) is 2.40. The fourth-order valence-corrected chi connectivity index (χ4v) is 2.82. The van der Waals surface area contributed by atoms with E-state index in [1.54, 1.807) is 0 Å². The van der Waals surface area contributed by atoms with Gasteiger partial charge in [-0.25, -0.2) is 0 Å². The Morgan fingerprint density at radius 3 is 2.00 bits per heavy atom. The van der Waals surface area contributed by atoms with Crippen LogP contribution < -0.4 is 5.32 Å². The monoisotopic (exact) mass is 261 g/mol. The topological polar surface area (TPSA) is 18.5 Å². The van der Waals surface area contributed by atoms with E-state index in [1.165, 1.54) is 11.1 Å². The number of hydrogen-bond acceptors (Lipinski definition) is 3. The van der Waals surface area contributed by atoms with Crippen LogP contribution in [0.4, 0.5) is 0 Å². The summed E-state index contributed by atoms with van der Waals surface area (Å²) in [6.45, 7) is 8.91. The largest absolute Gasteiger partial charge is 0.314 e. The predicted molar refractivity (Wildman–Crippen MR) is 81.4 cm³/mol. The Kier molecular flexibility index (Phi) is 4.97. The van der Waals surface area contributed by atoms with Crippen molar-refractivity contribution in [3.8, 4) is 0 Å². The molecule has 0 aliphatic carbocycles. The van der Waals surface area contributed by atoms with Crippen molar-refractivity contribution in [2.45, 2.75) is 25.9 Å². The second kappa shape index (κ2) is 6.51. The van der Waals surface area contributed by atoms with Crippen molar-refractivity contribution in [1.29, 1.82) is 0 Å². The van der Waals surface area contributed by atoms with Crippen molar-refractivity contribution in [2.24, 2.45) is 0 Å². The van der Waals surface area contributed by atoms with E-state index in [0.29, 0.717) is 12.1 Å². The van der Waals surface area contributed by atoms with Crippen molar-refractivity contribution in [3.63, 3.8) is 0 Å². The Labute approximate surface area is 117 Å². The van der Waals surface area contributed by atoms with Gasteiger partial charge in [-0.1, -0.05) is 38.1 Å². The number of nitrogens with one attached hydrogen (secondary N) is 1. The molecule has 106 valence electrons. The van der Waals surface area contributed by atoms with Gasteiger partial charge in [0.2, 0.25) is 0 Å². The quantitative estimate of drug-likeness (QED) is 0.897. The van der Waals surface area contributed by atoms with Crippen molar-refractivity contribution < 1.29 is 0 Å². The standard InChI is InChI=1S/C16H27N3/c1-13(2)14-5-7-15(8-6-14)16(18(3)4)19-11-9-17-10-12-19/h5-8,13,16-17H,9-12H2,1-4H3. The summed E-state index contributed by atoms with van der Waals surface area (Å²) in [6, 6.07) is 9.14. The second-order valence-corrected chi connectivity index (χ2v) is 5.94. The van der Waals surface area contributed by atoms with Crippen LogP contribution >= 0.6 is 0 Å². The maximum Gasteiger partial charge on any atom is 0.0882 e. The van der Waals surface area contributed by atoms with Crippen LogP contribution in [0.25, 0.3) is 0 Å². The van der Waals surface area contributed by atoms with E-state index < -0.39 is 0 Å². The van der Waals surface area contributed by atoms with Crippen LogP contribution in [-0.2, 0) is 0 Å². The lowest BCUT2D eigenvalue weighted by Gasteiger charge is -2.39. The minimum absolute atomic E-state index is 0.392. The first-order chi connectivity index (χ1) is 9.09. The van der Waals surface area contributed by atoms with Gasteiger partial charge in [0.1, 0.15) is 0 Å². The highest BCUT2D eigenvalue weighted by Gasteiger charge is 2.23. The highest BCUT2D eigenvalue weighted by atomic mass is 15.3. The third-order valence-corrected chi connectivity index (χ3v) is 3.89. The van der Waals surface area contributed by atoms with E-state index in [4.69, 9.17) is 0 Å². The molecule has 0 bridgehead atoms. The van der Waals surface area contributed by atoms with E-state index >= 15 is 0 Å². The lowest BCUT2D eigenvalue weighted by molar-refractivity contribution is 0.0673. The molecule has 0 saturated carbocycles. The molecule has 1 fully saturated rings. The summed E-state index contributed by atoms with van der Waals surface area (Å²) in [6.07, 6.45) is 0.392. The summed E-state index contributed by atoms with van der Waals surface area (Å²) >= 11 is 0. The molecule has 1 N–H and O–H groups in total. The van der Waals surface area contributed by atoms with E-state index in [0.717, 1.165) is 26.2 Å². The molecule has 1 atom stereocenters. The minimum Gasteiger partial charge on any atom is -0.314 e. The fraction of sp³-hybridized carbons (Fsp3) is 0.625. The first kappa shape index (κ1) is 14.5. The zero-order valence-electron chi connectivity index (χ0n) is 12.7. The van der Waals surface area contributed by atoms with Crippen LogP contribution in [-0.4, -0.2) is 50.1 Å². The van der Waals surface area contributed by atoms with E-state index in [9.17, 15) is 0 Å². The summed E-state index contributed by atoms with van der Waals surface area (Å²) in [5.41, 5.74) is 2.82. The van der Waals surface area contributed by atoms with Gasteiger partial charge in [-0.05, 0) is 31.1 Å². The predicted octanol–water partition coefficient (Wildman–Crippen LogP) is 2.28. The minimum atomic E-state index is 0.392. The molecular formula is C16H27N3. The van der Waals surface area contributed by atoms with Crippen LogP contribution in [0.3, 0.4) is 0 Å². The maximum atomic E-state index is 3.42. The van der Waals surface area contributed by atoms with E-state index in [2.05, 4.69) is 67.3 Å². The molecule has 0 amide bonds. The molecule has 1 aliphatic rings. The Bertz CT molecular complexity index is 377. The van der Waals surface area contributed by atoms with Gasteiger partial charge in [-0.3, -0.25) is 9.80 Å². The van der Waals surface area contributed by atoms with Crippen molar-refractivity contribution >= 4 is 0 Å². The van der Waals surface area contributed by atoms with E-state index in [-0.39, 0.29) is 0 Å². The summed E-state index contributed by atoms with van der Waals surface area (Å²) in [5, 5.41) is 3.42. The van der Waals surface area contributed by atoms with Crippen molar-refractivity contribution in [2.75, 3.05) is 40.3 Å². The van der Waals surface area contributed by atoms with Gasteiger partial charge in [0.05, 0.1) is 6.17 Å². The van der Waals surface area contributed by atoms with Crippen LogP contribution in [0.15, 0.2) is 24.3 Å². The highest BCUT2D eigenvalue weighted by Crippen LogP contribution is 2.25. The van der Waals surface area contributed by atoms with Crippen molar-refractivity contribution in [1.82, 2.24) is 15.1 Å². The van der Waals surface area contributed by atoms with Crippen molar-refractivity contribution in [3.05, 3.63) is 35.4 Å². The molecule has 1 aromatic rings. The molecule has 3 heteroatoms. The summed E-state index contributed by atoms with van der Waals surface area (Å²) in [7, 11) is 4.34. The molecule has 1 unspecified atom stereocenters. The molecular weight excluding hydrogens is 234 g/mol. The first-order valence-corrected chi connectivity index (χ1v) is 7.30. The summed E-state index contributed by atoms with van der Waals surface area (Å²) < 4.78 is 0. The Morgan fingerprint density at radius 2 is 1.53 bits per heavy atom. The third kappa shape index (κ3) is 3.56. The Hall–Kier alpha value is -0.900. The summed E-state index contributed by atoms with van der Waals surface area (Å²) in [5.74, 6) is 0.603. The molecule has 0 radical (unpaired) electrons.